The highest BCUT2D eigenvalue weighted by molar-refractivity contribution is 5.40. The number of benzene rings is 2. The Kier molecular flexibility index (Phi) is 4.81. The van der Waals surface area contributed by atoms with Gasteiger partial charge in [0, 0.05) is 18.2 Å². The summed E-state index contributed by atoms with van der Waals surface area (Å²) in [6.07, 6.45) is 0. The van der Waals surface area contributed by atoms with Gasteiger partial charge in [0.25, 0.3) is 0 Å². The van der Waals surface area contributed by atoms with E-state index in [0.29, 0.717) is 6.54 Å². The molecule has 3 nitrogen and oxygen atoms in total. The molecule has 99 valence electrons. The van der Waals surface area contributed by atoms with E-state index in [1.807, 2.05) is 42.9 Å². The lowest BCUT2D eigenvalue weighted by Gasteiger charge is -2.11. The Morgan fingerprint density at radius 3 is 2.47 bits per heavy atom. The van der Waals surface area contributed by atoms with Crippen LogP contribution < -0.4 is 14.8 Å². The highest BCUT2D eigenvalue weighted by atomic mass is 16.5. The molecule has 0 amide bonds. The van der Waals surface area contributed by atoms with Crippen LogP contribution in [0.3, 0.4) is 0 Å². The fourth-order valence-electron chi connectivity index (χ4n) is 1.83. The van der Waals surface area contributed by atoms with Crippen molar-refractivity contribution in [2.24, 2.45) is 0 Å². The van der Waals surface area contributed by atoms with Crippen molar-refractivity contribution in [2.75, 3.05) is 14.2 Å². The first kappa shape index (κ1) is 13.4. The lowest BCUT2D eigenvalue weighted by Crippen LogP contribution is -2.11. The third kappa shape index (κ3) is 3.73. The Bertz CT molecular complexity index is 511. The minimum Gasteiger partial charge on any atom is -0.497 e. The van der Waals surface area contributed by atoms with Crippen LogP contribution in [0.5, 0.6) is 11.5 Å². The predicted molar refractivity (Wildman–Crippen MR) is 76.2 cm³/mol. The van der Waals surface area contributed by atoms with Gasteiger partial charge in [0.15, 0.2) is 0 Å². The zero-order chi connectivity index (χ0) is 13.5. The molecule has 0 fully saturated rings. The lowest BCUT2D eigenvalue weighted by atomic mass is 10.1. The summed E-state index contributed by atoms with van der Waals surface area (Å²) in [6.45, 7) is 2.70. The first-order valence-electron chi connectivity index (χ1n) is 6.16. The van der Waals surface area contributed by atoms with E-state index < -0.39 is 0 Å². The minimum absolute atomic E-state index is 0.710. The van der Waals surface area contributed by atoms with Gasteiger partial charge in [-0.2, -0.15) is 0 Å². The van der Waals surface area contributed by atoms with Crippen LogP contribution in [0.25, 0.3) is 0 Å². The maximum Gasteiger partial charge on any atom is 0.127 e. The fraction of sp³-hybridized carbons (Fsp3) is 0.188. The molecular weight excluding hydrogens is 238 g/mol. The van der Waals surface area contributed by atoms with Crippen molar-refractivity contribution < 1.29 is 9.47 Å². The largest absolute Gasteiger partial charge is 0.497 e. The molecule has 0 saturated carbocycles. The maximum absolute atomic E-state index is 5.36. The van der Waals surface area contributed by atoms with Crippen LogP contribution in [-0.2, 0) is 6.54 Å². The first-order valence-corrected chi connectivity index (χ1v) is 6.16. The number of hydrogen-bond acceptors (Lipinski definition) is 3. The van der Waals surface area contributed by atoms with Crippen LogP contribution in [0.4, 0.5) is 0 Å². The summed E-state index contributed by atoms with van der Waals surface area (Å²) in [5.74, 6) is 1.63. The second-order valence-electron chi connectivity index (χ2n) is 4.11. The monoisotopic (exact) mass is 256 g/mol. The zero-order valence-electron chi connectivity index (χ0n) is 11.2. The van der Waals surface area contributed by atoms with Gasteiger partial charge in [0.1, 0.15) is 11.5 Å². The predicted octanol–water partition coefficient (Wildman–Crippen LogP) is 3.00. The molecule has 2 aromatic carbocycles. The molecule has 1 radical (unpaired) electrons. The van der Waals surface area contributed by atoms with Crippen molar-refractivity contribution in [1.29, 1.82) is 0 Å². The summed E-state index contributed by atoms with van der Waals surface area (Å²) >= 11 is 0. The smallest absolute Gasteiger partial charge is 0.127 e. The first-order chi connectivity index (χ1) is 9.33. The van der Waals surface area contributed by atoms with Crippen LogP contribution in [-0.4, -0.2) is 14.2 Å². The molecule has 0 atom stereocenters. The number of ether oxygens (including phenoxy) is 2. The Morgan fingerprint density at radius 2 is 1.79 bits per heavy atom. The third-order valence-corrected chi connectivity index (χ3v) is 2.86. The van der Waals surface area contributed by atoms with Gasteiger partial charge in [-0.1, -0.05) is 36.4 Å². The second kappa shape index (κ2) is 6.81. The van der Waals surface area contributed by atoms with Crippen molar-refractivity contribution in [3.63, 3.8) is 0 Å². The van der Waals surface area contributed by atoms with Gasteiger partial charge in [-0.3, -0.25) is 0 Å². The molecule has 0 bridgehead atoms. The number of hydrogen-bond donors (Lipinski definition) is 1. The van der Waals surface area contributed by atoms with Crippen molar-refractivity contribution >= 4 is 0 Å². The number of methoxy groups -OCH3 is 2. The molecule has 0 aliphatic heterocycles. The van der Waals surface area contributed by atoms with Crippen LogP contribution in [0.2, 0.25) is 0 Å². The van der Waals surface area contributed by atoms with E-state index in [0.717, 1.165) is 22.6 Å². The topological polar surface area (TPSA) is 30.5 Å². The molecule has 2 rings (SSSR count). The molecule has 0 spiro atoms. The summed E-state index contributed by atoms with van der Waals surface area (Å²) in [7, 11) is 3.31. The van der Waals surface area contributed by atoms with Crippen LogP contribution in [0.15, 0.2) is 48.5 Å². The number of nitrogens with one attached hydrogen (secondary N) is 1. The number of rotatable bonds is 6. The molecule has 0 aromatic heterocycles. The maximum atomic E-state index is 5.36. The summed E-state index contributed by atoms with van der Waals surface area (Å²) in [6, 6.07) is 16.0. The summed E-state index contributed by atoms with van der Waals surface area (Å²) in [5, 5.41) is 3.28. The van der Waals surface area contributed by atoms with E-state index >= 15 is 0 Å². The second-order valence-corrected chi connectivity index (χ2v) is 4.11. The van der Waals surface area contributed by atoms with Crippen molar-refractivity contribution in [3.8, 4) is 11.5 Å². The lowest BCUT2D eigenvalue weighted by molar-refractivity contribution is 0.390. The normalized spacial score (nSPS) is 10.2. The molecule has 19 heavy (non-hydrogen) atoms. The van der Waals surface area contributed by atoms with E-state index in [2.05, 4.69) is 17.4 Å². The van der Waals surface area contributed by atoms with Gasteiger partial charge < -0.3 is 14.8 Å². The molecule has 0 saturated heterocycles. The molecule has 3 heteroatoms. The average molecular weight is 256 g/mol. The summed E-state index contributed by atoms with van der Waals surface area (Å²) in [5.41, 5.74) is 2.24. The zero-order valence-corrected chi connectivity index (χ0v) is 11.2. The summed E-state index contributed by atoms with van der Waals surface area (Å²) in [4.78, 5) is 0. The van der Waals surface area contributed by atoms with Crippen molar-refractivity contribution in [3.05, 3.63) is 66.2 Å². The average Bonchev–Trinajstić information content (AvgIpc) is 2.48. The van der Waals surface area contributed by atoms with Crippen LogP contribution in [0.1, 0.15) is 11.1 Å². The SMILES string of the molecule is COc1ccc(CN[CH]c2ccccc2)c(OC)c1. The molecule has 1 N–H and O–H groups in total. The van der Waals surface area contributed by atoms with Gasteiger partial charge in [0.2, 0.25) is 0 Å². The van der Waals surface area contributed by atoms with E-state index in [9.17, 15) is 0 Å². The van der Waals surface area contributed by atoms with Crippen LogP contribution >= 0.6 is 0 Å². The van der Waals surface area contributed by atoms with Gasteiger partial charge in [-0.25, -0.2) is 0 Å². The van der Waals surface area contributed by atoms with E-state index in [1.54, 1.807) is 14.2 Å². The van der Waals surface area contributed by atoms with Crippen molar-refractivity contribution in [1.82, 2.24) is 5.32 Å². The molecule has 0 heterocycles. The highest BCUT2D eigenvalue weighted by Crippen LogP contribution is 2.24. The minimum atomic E-state index is 0.710. The molecule has 0 unspecified atom stereocenters. The Hall–Kier alpha value is -2.00. The van der Waals surface area contributed by atoms with E-state index in [1.165, 1.54) is 0 Å². The molecular formula is C16H18NO2. The van der Waals surface area contributed by atoms with Crippen molar-refractivity contribution in [2.45, 2.75) is 6.54 Å². The van der Waals surface area contributed by atoms with E-state index in [-0.39, 0.29) is 0 Å². The van der Waals surface area contributed by atoms with Crippen LogP contribution in [0, 0.1) is 6.54 Å². The standard InChI is InChI=1S/C16H18NO2/c1-18-15-9-8-14(16(10-15)19-2)12-17-11-13-6-4-3-5-7-13/h3-11,17H,12H2,1-2H3. The van der Waals surface area contributed by atoms with Gasteiger partial charge in [-0.15, -0.1) is 0 Å². The molecule has 0 aliphatic rings. The Morgan fingerprint density at radius 1 is 1.00 bits per heavy atom. The van der Waals surface area contributed by atoms with Gasteiger partial charge in [-0.05, 0) is 11.6 Å². The summed E-state index contributed by atoms with van der Waals surface area (Å²) < 4.78 is 10.5. The Labute approximate surface area is 114 Å². The molecule has 2 aromatic rings. The van der Waals surface area contributed by atoms with Gasteiger partial charge >= 0.3 is 0 Å². The van der Waals surface area contributed by atoms with E-state index in [4.69, 9.17) is 9.47 Å². The quantitative estimate of drug-likeness (QED) is 0.861. The Balaban J connectivity index is 1.96. The third-order valence-electron chi connectivity index (χ3n) is 2.86. The molecule has 0 aliphatic carbocycles. The fourth-order valence-corrected chi connectivity index (χ4v) is 1.83. The van der Waals surface area contributed by atoms with Gasteiger partial charge in [0.05, 0.1) is 20.8 Å². The highest BCUT2D eigenvalue weighted by Gasteiger charge is 2.04.